The van der Waals surface area contributed by atoms with E-state index >= 15 is 0 Å². The van der Waals surface area contributed by atoms with E-state index in [2.05, 4.69) is 5.32 Å². The number of carbonyl (C=O) groups is 1. The van der Waals surface area contributed by atoms with Gasteiger partial charge in [-0.25, -0.2) is 13.6 Å². The minimum Gasteiger partial charge on any atom is -0.480 e. The fraction of sp³-hybridized carbons (Fsp3) is 0.0476. The number of hydrogen-bond donors (Lipinski definition) is 2. The monoisotopic (exact) mass is 525 g/mol. The van der Waals surface area contributed by atoms with E-state index in [1.807, 2.05) is 6.07 Å². The van der Waals surface area contributed by atoms with E-state index in [0.717, 1.165) is 6.07 Å². The van der Waals surface area contributed by atoms with E-state index in [-0.39, 0.29) is 32.9 Å². The number of nitrogens with one attached hydrogen (secondary N) is 1. The molecule has 3 N–H and O–H groups in total. The molecule has 0 unspecified atom stereocenters. The van der Waals surface area contributed by atoms with Gasteiger partial charge in [-0.05, 0) is 48.5 Å². The standard InChI is InChI=1S/C21H14Cl3N3O5S/c22-13-1-4-19(20(8-13)32-15-6-12(10-25)5-14(23)7-15)31-11-21(28)27-18-3-2-16(9-17(18)24)33(26,29)30/h1-9H,11H2,(H,27,28)(H2,26,29,30). The van der Waals surface area contributed by atoms with E-state index in [4.69, 9.17) is 54.7 Å². The Morgan fingerprint density at radius 1 is 1.00 bits per heavy atom. The fourth-order valence-corrected chi connectivity index (χ4v) is 3.82. The number of rotatable bonds is 7. The SMILES string of the molecule is N#Cc1cc(Cl)cc(Oc2cc(Cl)ccc2OCC(=O)Nc2ccc(S(N)(=O)=O)cc2Cl)c1. The fourth-order valence-electron chi connectivity index (χ4n) is 2.60. The molecular formula is C21H14Cl3N3O5S. The Balaban J connectivity index is 1.72. The third-order valence-corrected chi connectivity index (χ3v) is 5.71. The molecule has 0 aliphatic heterocycles. The lowest BCUT2D eigenvalue weighted by atomic mass is 10.2. The number of nitrogens with zero attached hydrogens (tertiary/aromatic N) is 1. The van der Waals surface area contributed by atoms with Gasteiger partial charge in [-0.15, -0.1) is 0 Å². The molecule has 33 heavy (non-hydrogen) atoms. The lowest BCUT2D eigenvalue weighted by Gasteiger charge is -2.14. The molecule has 0 radical (unpaired) electrons. The molecule has 0 aromatic heterocycles. The highest BCUT2D eigenvalue weighted by molar-refractivity contribution is 7.89. The van der Waals surface area contributed by atoms with Gasteiger partial charge in [0.15, 0.2) is 18.1 Å². The molecule has 8 nitrogen and oxygen atoms in total. The number of ether oxygens (including phenoxy) is 2. The third kappa shape index (κ3) is 6.74. The van der Waals surface area contributed by atoms with Crippen molar-refractivity contribution in [3.05, 3.63) is 75.2 Å². The molecule has 3 aromatic rings. The molecule has 3 rings (SSSR count). The molecule has 0 saturated heterocycles. The van der Waals surface area contributed by atoms with Gasteiger partial charge in [0, 0.05) is 16.1 Å². The van der Waals surface area contributed by atoms with Crippen LogP contribution in [0.4, 0.5) is 5.69 Å². The Bertz CT molecular complexity index is 1370. The topological polar surface area (TPSA) is 132 Å². The maximum absolute atomic E-state index is 12.3. The molecule has 0 bridgehead atoms. The van der Waals surface area contributed by atoms with Crippen LogP contribution in [0.15, 0.2) is 59.5 Å². The summed E-state index contributed by atoms with van der Waals surface area (Å²) in [6.45, 7) is -0.426. The molecule has 1 amide bonds. The van der Waals surface area contributed by atoms with Crippen LogP contribution in [0.25, 0.3) is 0 Å². The van der Waals surface area contributed by atoms with E-state index in [0.29, 0.717) is 15.6 Å². The van der Waals surface area contributed by atoms with Gasteiger partial charge in [0.1, 0.15) is 5.75 Å². The van der Waals surface area contributed by atoms with Crippen molar-refractivity contribution in [2.75, 3.05) is 11.9 Å². The molecule has 0 fully saturated rings. The number of sulfonamides is 1. The van der Waals surface area contributed by atoms with Crippen molar-refractivity contribution in [2.24, 2.45) is 5.14 Å². The number of benzene rings is 3. The van der Waals surface area contributed by atoms with Crippen LogP contribution < -0.4 is 19.9 Å². The summed E-state index contributed by atoms with van der Waals surface area (Å²) in [4.78, 5) is 12.1. The van der Waals surface area contributed by atoms with Gasteiger partial charge < -0.3 is 14.8 Å². The second-order valence-corrected chi connectivity index (χ2v) is 9.35. The molecule has 12 heteroatoms. The Kier molecular flexibility index (Phi) is 7.68. The molecule has 0 atom stereocenters. The summed E-state index contributed by atoms with van der Waals surface area (Å²) in [7, 11) is -3.93. The Morgan fingerprint density at radius 3 is 2.42 bits per heavy atom. The van der Waals surface area contributed by atoms with Gasteiger partial charge in [-0.1, -0.05) is 34.8 Å². The minimum absolute atomic E-state index is 0.0142. The van der Waals surface area contributed by atoms with Crippen molar-refractivity contribution in [1.82, 2.24) is 0 Å². The lowest BCUT2D eigenvalue weighted by molar-refractivity contribution is -0.118. The van der Waals surface area contributed by atoms with Crippen molar-refractivity contribution < 1.29 is 22.7 Å². The second-order valence-electron chi connectivity index (χ2n) is 6.50. The average Bonchev–Trinajstić information content (AvgIpc) is 2.73. The maximum Gasteiger partial charge on any atom is 0.262 e. The number of amides is 1. The molecule has 0 heterocycles. The van der Waals surface area contributed by atoms with Gasteiger partial charge in [-0.3, -0.25) is 4.79 Å². The number of halogens is 3. The summed E-state index contributed by atoms with van der Waals surface area (Å²) < 4.78 is 34.1. The zero-order valence-electron chi connectivity index (χ0n) is 16.5. The highest BCUT2D eigenvalue weighted by Gasteiger charge is 2.14. The predicted octanol–water partition coefficient (Wildman–Crippen LogP) is 4.98. The van der Waals surface area contributed by atoms with Gasteiger partial charge >= 0.3 is 0 Å². The summed E-state index contributed by atoms with van der Waals surface area (Å²) >= 11 is 18.1. The van der Waals surface area contributed by atoms with Crippen molar-refractivity contribution >= 4 is 56.4 Å². The van der Waals surface area contributed by atoms with Crippen LogP contribution >= 0.6 is 34.8 Å². The molecular weight excluding hydrogens is 513 g/mol. The first-order valence-electron chi connectivity index (χ1n) is 8.98. The third-order valence-electron chi connectivity index (χ3n) is 4.04. The number of nitriles is 1. The summed E-state index contributed by atoms with van der Waals surface area (Å²) in [6.07, 6.45) is 0. The van der Waals surface area contributed by atoms with Crippen LogP contribution in [-0.2, 0) is 14.8 Å². The average molecular weight is 527 g/mol. The van der Waals surface area contributed by atoms with Crippen molar-refractivity contribution in [2.45, 2.75) is 4.90 Å². The maximum atomic E-state index is 12.3. The first-order valence-corrected chi connectivity index (χ1v) is 11.7. The smallest absolute Gasteiger partial charge is 0.262 e. The van der Waals surface area contributed by atoms with E-state index in [1.165, 1.54) is 42.5 Å². The summed E-state index contributed by atoms with van der Waals surface area (Å²) in [5, 5.41) is 17.3. The largest absolute Gasteiger partial charge is 0.480 e. The van der Waals surface area contributed by atoms with Gasteiger partial charge in [0.05, 0.1) is 27.2 Å². The zero-order chi connectivity index (χ0) is 24.2. The van der Waals surface area contributed by atoms with Crippen LogP contribution in [0, 0.1) is 11.3 Å². The normalized spacial score (nSPS) is 10.9. The van der Waals surface area contributed by atoms with Gasteiger partial charge in [-0.2, -0.15) is 5.26 Å². The van der Waals surface area contributed by atoms with Crippen LogP contribution in [0.3, 0.4) is 0 Å². The molecule has 0 aliphatic carbocycles. The highest BCUT2D eigenvalue weighted by atomic mass is 35.5. The molecule has 170 valence electrons. The number of anilines is 1. The number of carbonyl (C=O) groups excluding carboxylic acids is 1. The molecule has 0 spiro atoms. The molecule has 3 aromatic carbocycles. The first-order chi connectivity index (χ1) is 15.5. The minimum atomic E-state index is -3.93. The Labute approximate surface area is 204 Å². The van der Waals surface area contributed by atoms with Crippen molar-refractivity contribution in [3.63, 3.8) is 0 Å². The van der Waals surface area contributed by atoms with Crippen molar-refractivity contribution in [3.8, 4) is 23.3 Å². The zero-order valence-corrected chi connectivity index (χ0v) is 19.6. The Hall–Kier alpha value is -3.00. The Morgan fingerprint density at radius 2 is 1.76 bits per heavy atom. The number of primary sulfonamides is 1. The van der Waals surface area contributed by atoms with Crippen LogP contribution in [0.5, 0.6) is 17.2 Å². The second kappa shape index (κ2) is 10.3. The summed E-state index contributed by atoms with van der Waals surface area (Å²) in [6, 6.07) is 14.6. The van der Waals surface area contributed by atoms with E-state index in [9.17, 15) is 13.2 Å². The van der Waals surface area contributed by atoms with Crippen molar-refractivity contribution in [1.29, 1.82) is 5.26 Å². The van der Waals surface area contributed by atoms with Crippen LogP contribution in [0.2, 0.25) is 15.1 Å². The van der Waals surface area contributed by atoms with Gasteiger partial charge in [0.25, 0.3) is 5.91 Å². The predicted molar refractivity (Wildman–Crippen MR) is 125 cm³/mol. The summed E-state index contributed by atoms with van der Waals surface area (Å²) in [5.74, 6) is 0.0914. The van der Waals surface area contributed by atoms with E-state index in [1.54, 1.807) is 6.07 Å². The molecule has 0 aliphatic rings. The highest BCUT2D eigenvalue weighted by Crippen LogP contribution is 2.35. The summed E-state index contributed by atoms with van der Waals surface area (Å²) in [5.41, 5.74) is 0.472. The lowest BCUT2D eigenvalue weighted by Crippen LogP contribution is -2.20. The number of hydrogen-bond acceptors (Lipinski definition) is 6. The van der Waals surface area contributed by atoms with E-state index < -0.39 is 22.5 Å². The van der Waals surface area contributed by atoms with Crippen LogP contribution in [0.1, 0.15) is 5.56 Å². The first kappa shape index (κ1) is 24.6. The van der Waals surface area contributed by atoms with Crippen LogP contribution in [-0.4, -0.2) is 20.9 Å². The molecule has 0 saturated carbocycles. The van der Waals surface area contributed by atoms with Gasteiger partial charge in [0.2, 0.25) is 10.0 Å². The quantitative estimate of drug-likeness (QED) is 0.446. The number of nitrogens with two attached hydrogens (primary N) is 1.